The summed E-state index contributed by atoms with van der Waals surface area (Å²) in [6.45, 7) is 0. The van der Waals surface area contributed by atoms with Gasteiger partial charge in [0, 0.05) is 12.4 Å². The van der Waals surface area contributed by atoms with Crippen molar-refractivity contribution in [1.29, 1.82) is 0 Å². The average molecular weight is 288 g/mol. The van der Waals surface area contributed by atoms with Gasteiger partial charge < -0.3 is 10.1 Å². The number of aromatic carboxylic acids is 1. The molecule has 0 spiro atoms. The first kappa shape index (κ1) is 8.49. The van der Waals surface area contributed by atoms with E-state index in [2.05, 4.69) is 32.6 Å². The van der Waals surface area contributed by atoms with Crippen LogP contribution in [0.1, 0.15) is 10.4 Å². The first-order chi connectivity index (χ1) is 6.18. The van der Waals surface area contributed by atoms with E-state index in [9.17, 15) is 4.79 Å². The largest absolute Gasteiger partial charge is 0.478 e. The SMILES string of the molecule is O=C(O)c1cnc2c(I)c[nH]c2c1. The molecule has 2 heterocycles. The number of carboxylic acids is 1. The number of hydrogen-bond donors (Lipinski definition) is 2. The molecule has 0 aliphatic rings. The summed E-state index contributed by atoms with van der Waals surface area (Å²) in [5.74, 6) is -0.959. The van der Waals surface area contributed by atoms with E-state index in [1.807, 2.05) is 0 Å². The van der Waals surface area contributed by atoms with Crippen LogP contribution in [0.5, 0.6) is 0 Å². The van der Waals surface area contributed by atoms with Crippen LogP contribution < -0.4 is 0 Å². The number of hydrogen-bond acceptors (Lipinski definition) is 2. The van der Waals surface area contributed by atoms with Crippen LogP contribution in [0, 0.1) is 3.57 Å². The lowest BCUT2D eigenvalue weighted by atomic mass is 10.2. The highest BCUT2D eigenvalue weighted by Gasteiger charge is 2.07. The molecule has 0 amide bonds. The second-order valence-corrected chi connectivity index (χ2v) is 3.72. The zero-order valence-electron chi connectivity index (χ0n) is 6.41. The minimum absolute atomic E-state index is 0.200. The number of carboxylic acid groups (broad SMARTS) is 1. The summed E-state index contributed by atoms with van der Waals surface area (Å²) in [5.41, 5.74) is 1.76. The zero-order valence-corrected chi connectivity index (χ0v) is 8.57. The van der Waals surface area contributed by atoms with Crippen molar-refractivity contribution in [2.75, 3.05) is 0 Å². The van der Waals surface area contributed by atoms with Crippen molar-refractivity contribution >= 4 is 39.6 Å². The molecule has 2 aromatic rings. The number of aromatic nitrogens is 2. The maximum Gasteiger partial charge on any atom is 0.337 e. The van der Waals surface area contributed by atoms with Crippen molar-refractivity contribution in [1.82, 2.24) is 9.97 Å². The molecule has 13 heavy (non-hydrogen) atoms. The lowest BCUT2D eigenvalue weighted by molar-refractivity contribution is 0.0696. The number of halogens is 1. The monoisotopic (exact) mass is 288 g/mol. The van der Waals surface area contributed by atoms with E-state index < -0.39 is 5.97 Å². The lowest BCUT2D eigenvalue weighted by Crippen LogP contribution is -1.96. The number of aromatic amines is 1. The summed E-state index contributed by atoms with van der Waals surface area (Å²) in [6.07, 6.45) is 3.16. The number of carbonyl (C=O) groups is 1. The molecule has 0 aliphatic carbocycles. The van der Waals surface area contributed by atoms with Crippen LogP contribution in [0.2, 0.25) is 0 Å². The summed E-state index contributed by atoms with van der Waals surface area (Å²) in [7, 11) is 0. The number of nitrogens with one attached hydrogen (secondary N) is 1. The van der Waals surface area contributed by atoms with Gasteiger partial charge in [-0.2, -0.15) is 0 Å². The van der Waals surface area contributed by atoms with E-state index >= 15 is 0 Å². The van der Waals surface area contributed by atoms with Gasteiger partial charge >= 0.3 is 5.97 Å². The van der Waals surface area contributed by atoms with Crippen LogP contribution >= 0.6 is 22.6 Å². The number of fused-ring (bicyclic) bond motifs is 1. The third-order valence-electron chi connectivity index (χ3n) is 1.72. The predicted octanol–water partition coefficient (Wildman–Crippen LogP) is 1.87. The molecule has 0 saturated carbocycles. The molecule has 0 saturated heterocycles. The molecule has 2 N–H and O–H groups in total. The maximum atomic E-state index is 10.6. The van der Waals surface area contributed by atoms with E-state index in [4.69, 9.17) is 5.11 Å². The Bertz CT molecular complexity index is 478. The van der Waals surface area contributed by atoms with Crippen molar-refractivity contribution in [2.24, 2.45) is 0 Å². The van der Waals surface area contributed by atoms with Gasteiger partial charge in [0.1, 0.15) is 5.52 Å². The van der Waals surface area contributed by atoms with Crippen molar-refractivity contribution in [3.8, 4) is 0 Å². The third-order valence-corrected chi connectivity index (χ3v) is 2.54. The van der Waals surface area contributed by atoms with Gasteiger partial charge in [0.2, 0.25) is 0 Å². The van der Waals surface area contributed by atoms with Gasteiger partial charge in [0.15, 0.2) is 0 Å². The van der Waals surface area contributed by atoms with Gasteiger partial charge in [0.25, 0.3) is 0 Å². The van der Waals surface area contributed by atoms with E-state index in [1.165, 1.54) is 6.20 Å². The van der Waals surface area contributed by atoms with Crippen LogP contribution in [0.4, 0.5) is 0 Å². The standard InChI is InChI=1S/C8H5IN2O2/c9-5-3-10-6-1-4(8(12)13)2-11-7(5)6/h1-3,10H,(H,12,13). The van der Waals surface area contributed by atoms with E-state index in [0.717, 1.165) is 14.6 Å². The molecule has 0 radical (unpaired) electrons. The Morgan fingerprint density at radius 1 is 1.62 bits per heavy atom. The molecule has 0 fully saturated rings. The third kappa shape index (κ3) is 1.39. The van der Waals surface area contributed by atoms with Gasteiger partial charge in [0.05, 0.1) is 14.7 Å². The highest BCUT2D eigenvalue weighted by atomic mass is 127. The van der Waals surface area contributed by atoms with Gasteiger partial charge in [-0.1, -0.05) is 0 Å². The molecule has 2 aromatic heterocycles. The van der Waals surface area contributed by atoms with Gasteiger partial charge in [-0.25, -0.2) is 4.79 Å². The van der Waals surface area contributed by atoms with E-state index in [0.29, 0.717) is 0 Å². The first-order valence-corrected chi connectivity index (χ1v) is 4.62. The topological polar surface area (TPSA) is 66.0 Å². The van der Waals surface area contributed by atoms with Crippen LogP contribution in [0.15, 0.2) is 18.5 Å². The molecule has 0 aromatic carbocycles. The number of rotatable bonds is 1. The number of nitrogens with zero attached hydrogens (tertiary/aromatic N) is 1. The lowest BCUT2D eigenvalue weighted by Gasteiger charge is -1.93. The second-order valence-electron chi connectivity index (χ2n) is 2.56. The smallest absolute Gasteiger partial charge is 0.337 e. The van der Waals surface area contributed by atoms with Crippen LogP contribution in [-0.4, -0.2) is 21.0 Å². The van der Waals surface area contributed by atoms with Gasteiger partial charge in [-0.3, -0.25) is 4.98 Å². The summed E-state index contributed by atoms with van der Waals surface area (Å²) < 4.78 is 0.990. The molecule has 2 rings (SSSR count). The van der Waals surface area contributed by atoms with Crippen molar-refractivity contribution < 1.29 is 9.90 Å². The molecule has 4 nitrogen and oxygen atoms in total. The zero-order chi connectivity index (χ0) is 9.42. The molecule has 0 aliphatic heterocycles. The molecule has 0 atom stereocenters. The van der Waals surface area contributed by atoms with Crippen molar-refractivity contribution in [3.63, 3.8) is 0 Å². The molecule has 66 valence electrons. The Kier molecular flexibility index (Phi) is 1.95. The Morgan fingerprint density at radius 3 is 3.08 bits per heavy atom. The van der Waals surface area contributed by atoms with E-state index in [-0.39, 0.29) is 5.56 Å². The summed E-state index contributed by atoms with van der Waals surface area (Å²) in [6, 6.07) is 1.58. The Morgan fingerprint density at radius 2 is 2.38 bits per heavy atom. The minimum atomic E-state index is -0.959. The fourth-order valence-electron chi connectivity index (χ4n) is 1.09. The maximum absolute atomic E-state index is 10.6. The molecular weight excluding hydrogens is 283 g/mol. The van der Waals surface area contributed by atoms with E-state index in [1.54, 1.807) is 12.3 Å². The second kappa shape index (κ2) is 2.99. The Labute approximate surface area is 87.1 Å². The summed E-state index contributed by atoms with van der Waals surface area (Å²) >= 11 is 2.14. The number of H-pyrrole nitrogens is 1. The first-order valence-electron chi connectivity index (χ1n) is 3.54. The highest BCUT2D eigenvalue weighted by Crippen LogP contribution is 2.18. The molecule has 0 bridgehead atoms. The molecule has 5 heteroatoms. The van der Waals surface area contributed by atoms with Gasteiger partial charge in [-0.05, 0) is 28.7 Å². The van der Waals surface area contributed by atoms with Crippen molar-refractivity contribution in [3.05, 3.63) is 27.6 Å². The predicted molar refractivity (Wildman–Crippen MR) is 55.8 cm³/mol. The minimum Gasteiger partial charge on any atom is -0.478 e. The fraction of sp³-hybridized carbons (Fsp3) is 0. The van der Waals surface area contributed by atoms with Crippen LogP contribution in [0.25, 0.3) is 11.0 Å². The summed E-state index contributed by atoms with van der Waals surface area (Å²) in [4.78, 5) is 17.6. The normalized spacial score (nSPS) is 10.5. The molecule has 0 unspecified atom stereocenters. The number of pyridine rings is 1. The fourth-order valence-corrected chi connectivity index (χ4v) is 1.68. The van der Waals surface area contributed by atoms with Crippen LogP contribution in [0.3, 0.4) is 0 Å². The quantitative estimate of drug-likeness (QED) is 0.787. The van der Waals surface area contributed by atoms with Crippen molar-refractivity contribution in [2.45, 2.75) is 0 Å². The average Bonchev–Trinajstić information content (AvgIpc) is 2.47. The Balaban J connectivity index is 2.70. The molecular formula is C8H5IN2O2. The van der Waals surface area contributed by atoms with Crippen LogP contribution in [-0.2, 0) is 0 Å². The van der Waals surface area contributed by atoms with Gasteiger partial charge in [-0.15, -0.1) is 0 Å². The Hall–Kier alpha value is -1.11. The summed E-state index contributed by atoms with van der Waals surface area (Å²) in [5, 5.41) is 8.70. The highest BCUT2D eigenvalue weighted by molar-refractivity contribution is 14.1.